The molecule has 0 saturated carbocycles. The van der Waals surface area contributed by atoms with E-state index in [-0.39, 0.29) is 40.1 Å². The van der Waals surface area contributed by atoms with Gasteiger partial charge in [0.25, 0.3) is 0 Å². The van der Waals surface area contributed by atoms with Crippen molar-refractivity contribution in [2.75, 3.05) is 0 Å². The van der Waals surface area contributed by atoms with Gasteiger partial charge >= 0.3 is 16.5 Å². The van der Waals surface area contributed by atoms with E-state index in [4.69, 9.17) is 9.98 Å². The van der Waals surface area contributed by atoms with E-state index in [1.165, 1.54) is 12.1 Å². The maximum atomic E-state index is 12.2. The van der Waals surface area contributed by atoms with Crippen LogP contribution in [0.4, 0.5) is 0 Å². The Morgan fingerprint density at radius 2 is 0.818 bits per heavy atom. The molecule has 4 aromatic rings. The van der Waals surface area contributed by atoms with Gasteiger partial charge in [0.1, 0.15) is 12.1 Å². The number of rotatable bonds is 7. The van der Waals surface area contributed by atoms with Crippen LogP contribution in [0.2, 0.25) is 0 Å². The summed E-state index contributed by atoms with van der Waals surface area (Å²) in [5.74, 6) is -0.161. The van der Waals surface area contributed by atoms with Crippen molar-refractivity contribution < 1.29 is 26.7 Å². The fraction of sp³-hybridized carbons (Fsp3) is 0.0714. The number of aliphatic imine (C=N–C) groups is 2. The molecule has 2 atom stereocenters. The number of hydrogen-bond donors (Lipinski definition) is 0. The predicted octanol–water partition coefficient (Wildman–Crippen LogP) is 4.85. The van der Waals surface area contributed by atoms with E-state index in [0.29, 0.717) is 11.1 Å². The first-order valence-electron chi connectivity index (χ1n) is 10.4. The van der Waals surface area contributed by atoms with Gasteiger partial charge in [-0.1, -0.05) is 109 Å². The smallest absolute Gasteiger partial charge is 0.872 e. The summed E-state index contributed by atoms with van der Waals surface area (Å²) in [4.78, 5) is 9.64. The molecule has 0 bridgehead atoms. The normalized spacial score (nSPS) is 13.0. The molecule has 0 spiro atoms. The minimum atomic E-state index is -0.381. The molecule has 0 aliphatic rings. The quantitative estimate of drug-likeness (QED) is 0.282. The first kappa shape index (κ1) is 24.0. The Morgan fingerprint density at radius 1 is 0.485 bits per heavy atom. The van der Waals surface area contributed by atoms with Crippen LogP contribution in [0.25, 0.3) is 0 Å². The van der Waals surface area contributed by atoms with Gasteiger partial charge in [-0.3, -0.25) is 9.98 Å². The molecule has 4 aromatic carbocycles. The summed E-state index contributed by atoms with van der Waals surface area (Å²) >= 11 is 0. The maximum Gasteiger partial charge on any atom is 2.00 e. The molecular formula is C28H22N2NiO2. The largest absolute Gasteiger partial charge is 2.00 e. The van der Waals surface area contributed by atoms with Crippen molar-refractivity contribution in [2.24, 2.45) is 9.98 Å². The van der Waals surface area contributed by atoms with E-state index in [1.807, 2.05) is 72.8 Å². The zero-order valence-electron chi connectivity index (χ0n) is 17.7. The van der Waals surface area contributed by atoms with Crippen LogP contribution in [0.15, 0.2) is 119 Å². The number of hydrogen-bond acceptors (Lipinski definition) is 4. The van der Waals surface area contributed by atoms with E-state index in [0.717, 1.165) is 11.1 Å². The Labute approximate surface area is 203 Å². The van der Waals surface area contributed by atoms with Crippen LogP contribution >= 0.6 is 0 Å². The Hall–Kier alpha value is -3.69. The third-order valence-corrected chi connectivity index (χ3v) is 5.17. The molecule has 0 heterocycles. The molecule has 0 aromatic heterocycles. The van der Waals surface area contributed by atoms with E-state index < -0.39 is 0 Å². The van der Waals surface area contributed by atoms with Crippen molar-refractivity contribution >= 4 is 12.4 Å². The van der Waals surface area contributed by atoms with Crippen molar-refractivity contribution in [3.05, 3.63) is 131 Å². The van der Waals surface area contributed by atoms with Crippen molar-refractivity contribution in [1.29, 1.82) is 0 Å². The molecule has 4 nitrogen and oxygen atoms in total. The van der Waals surface area contributed by atoms with Gasteiger partial charge in [-0.05, 0) is 22.3 Å². The molecule has 0 saturated heterocycles. The van der Waals surface area contributed by atoms with E-state index in [2.05, 4.69) is 0 Å². The van der Waals surface area contributed by atoms with E-state index >= 15 is 0 Å². The van der Waals surface area contributed by atoms with Crippen molar-refractivity contribution in [2.45, 2.75) is 12.1 Å². The predicted molar refractivity (Wildman–Crippen MR) is 125 cm³/mol. The molecule has 0 radical (unpaired) electrons. The Kier molecular flexibility index (Phi) is 8.57. The van der Waals surface area contributed by atoms with Gasteiger partial charge in [-0.25, -0.2) is 0 Å². The van der Waals surface area contributed by atoms with Gasteiger partial charge in [0, 0.05) is 12.4 Å². The molecule has 33 heavy (non-hydrogen) atoms. The monoisotopic (exact) mass is 476 g/mol. The number of nitrogens with zero attached hydrogens (tertiary/aromatic N) is 2. The summed E-state index contributed by atoms with van der Waals surface area (Å²) in [5.41, 5.74) is 2.98. The molecule has 0 fully saturated rings. The summed E-state index contributed by atoms with van der Waals surface area (Å²) in [7, 11) is 0. The van der Waals surface area contributed by atoms with Crippen molar-refractivity contribution in [1.82, 2.24) is 0 Å². The summed E-state index contributed by atoms with van der Waals surface area (Å²) in [6, 6.07) is 32.6. The topological polar surface area (TPSA) is 70.8 Å². The molecular weight excluding hydrogens is 455 g/mol. The fourth-order valence-electron chi connectivity index (χ4n) is 3.50. The van der Waals surface area contributed by atoms with Gasteiger partial charge in [0.05, 0.1) is 0 Å². The van der Waals surface area contributed by atoms with E-state index in [1.54, 1.807) is 36.7 Å². The third-order valence-electron chi connectivity index (χ3n) is 5.17. The second-order valence-corrected chi connectivity index (χ2v) is 7.34. The van der Waals surface area contributed by atoms with Crippen molar-refractivity contribution in [3.8, 4) is 11.5 Å². The minimum Gasteiger partial charge on any atom is -0.872 e. The van der Waals surface area contributed by atoms with Gasteiger partial charge < -0.3 is 10.2 Å². The van der Waals surface area contributed by atoms with E-state index in [9.17, 15) is 10.2 Å². The third kappa shape index (κ3) is 6.18. The number of benzene rings is 4. The molecule has 0 unspecified atom stereocenters. The Morgan fingerprint density at radius 3 is 1.18 bits per heavy atom. The maximum absolute atomic E-state index is 12.2. The van der Waals surface area contributed by atoms with Crippen molar-refractivity contribution in [3.63, 3.8) is 0 Å². The molecule has 0 aliphatic carbocycles. The molecule has 5 heteroatoms. The first-order valence-corrected chi connectivity index (χ1v) is 10.4. The van der Waals surface area contributed by atoms with Gasteiger partial charge in [0.2, 0.25) is 0 Å². The van der Waals surface area contributed by atoms with Crippen LogP contribution in [0, 0.1) is 0 Å². The second kappa shape index (κ2) is 11.8. The summed E-state index contributed by atoms with van der Waals surface area (Å²) in [6.07, 6.45) is 3.24. The van der Waals surface area contributed by atoms with Crippen LogP contribution < -0.4 is 10.2 Å². The van der Waals surface area contributed by atoms with Crippen LogP contribution in [-0.2, 0) is 16.5 Å². The van der Waals surface area contributed by atoms with Crippen LogP contribution in [0.1, 0.15) is 34.3 Å². The molecule has 166 valence electrons. The standard InChI is InChI=1S/C28H24N2O2.Ni/c31-25-17-9-7-15-23(25)19-29-27(21-11-3-1-4-12-21)28(22-13-5-2-6-14-22)30-20-24-16-8-10-18-26(24)32;/h1-20,27-28,31-32H;/q;+2/p-2/t27-,28+;. The molecule has 0 aliphatic heterocycles. The van der Waals surface area contributed by atoms with Crippen LogP contribution in [0.5, 0.6) is 11.5 Å². The summed E-state index contributed by atoms with van der Waals surface area (Å²) < 4.78 is 0. The Bertz CT molecular complexity index is 1110. The average Bonchev–Trinajstić information content (AvgIpc) is 2.84. The van der Waals surface area contributed by atoms with Gasteiger partial charge in [0.15, 0.2) is 0 Å². The molecule has 0 amide bonds. The van der Waals surface area contributed by atoms with Gasteiger partial charge in [-0.15, -0.1) is 11.5 Å². The van der Waals surface area contributed by atoms with Crippen LogP contribution in [0.3, 0.4) is 0 Å². The van der Waals surface area contributed by atoms with Crippen LogP contribution in [-0.4, -0.2) is 12.4 Å². The average molecular weight is 477 g/mol. The summed E-state index contributed by atoms with van der Waals surface area (Å²) in [6.45, 7) is 0. The fourth-order valence-corrected chi connectivity index (χ4v) is 3.50. The number of para-hydroxylation sites is 2. The molecule has 4 rings (SSSR count). The minimum absolute atomic E-state index is 0. The zero-order chi connectivity index (χ0) is 22.2. The summed E-state index contributed by atoms with van der Waals surface area (Å²) in [5, 5.41) is 24.4. The first-order chi connectivity index (χ1) is 15.7. The Balaban J connectivity index is 0.00000306. The SMILES string of the molecule is [Ni+2].[O-]c1ccccc1C=N[C@H](c1ccccc1)[C@@H](N=Cc1ccccc1[O-])c1ccccc1. The van der Waals surface area contributed by atoms with Gasteiger partial charge in [-0.2, -0.15) is 0 Å². The zero-order valence-corrected chi connectivity index (χ0v) is 18.7. The second-order valence-electron chi connectivity index (χ2n) is 7.34. The molecule has 0 N–H and O–H groups in total.